The van der Waals surface area contributed by atoms with Gasteiger partial charge in [-0.3, -0.25) is 29.6 Å². The van der Waals surface area contributed by atoms with Crippen molar-refractivity contribution in [2.45, 2.75) is 103 Å². The molecule has 0 unspecified atom stereocenters. The first-order chi connectivity index (χ1) is 20.9. The standard InChI is InChI=1S/C8H10ClNO.C8H12ClN.C8H11NO2.C8H11NO.CH5N.3CH4.Al.Li.4H/c1-3-6(11)8-7(9)5(2)4-10-8;1-3-4-7-8(9)6(2)5-10-7;1-3-11-8(10)7-4-6(2)5-9-7;1-3-8(10)7-4-6(2)5-9-7;1-2;;;;;;;;;/h3-4H2,1-2H3;3-5H2,1-2H3;4H,3,5H2,1-2H3;4H,3,5H2,1-2H3;2H2,1H3;3*1H4;;;;;;/q;;;;;;;;;+1;;;;-1. The zero-order chi connectivity index (χ0) is 33.8. The van der Waals surface area contributed by atoms with Crippen molar-refractivity contribution in [2.75, 3.05) is 39.8 Å². The molecule has 4 aliphatic rings. The normalized spacial score (nSPS) is 14.6. The molecule has 0 aromatic carbocycles. The maximum Gasteiger partial charge on any atom is 1.00 e. The Bertz CT molecular complexity index is 1300. The molecule has 0 saturated carbocycles. The van der Waals surface area contributed by atoms with Gasteiger partial charge in [0, 0.05) is 12.8 Å². The first-order valence-electron chi connectivity index (χ1n) is 14.9. The summed E-state index contributed by atoms with van der Waals surface area (Å²) in [6.07, 6.45) is 6.81. The molecular weight excluding hydrogens is 671 g/mol. The van der Waals surface area contributed by atoms with E-state index in [1.807, 2.05) is 47.6 Å². The number of ether oxygens (including phenoxy) is 1. The Kier molecular flexibility index (Phi) is 40.3. The van der Waals surface area contributed by atoms with Gasteiger partial charge in [0.2, 0.25) is 0 Å². The molecule has 2 N–H and O–H groups in total. The molecule has 49 heavy (non-hydrogen) atoms. The number of hydrogen-bond donors (Lipinski definition) is 1. The number of Topliss-reactive ketones (excluding diaryl/α,β-unsaturated/α-hetero) is 2. The molecule has 4 heterocycles. The van der Waals surface area contributed by atoms with Gasteiger partial charge in [-0.25, -0.2) is 4.79 Å². The molecule has 4 aliphatic heterocycles. The van der Waals surface area contributed by atoms with E-state index in [2.05, 4.69) is 32.6 Å². The monoisotopic (exact) mass is 735 g/mol. The molecular formula is C36H65AlCl2LiN5O4. The second-order valence-electron chi connectivity index (χ2n) is 10.0. The van der Waals surface area contributed by atoms with E-state index < -0.39 is 0 Å². The predicted molar refractivity (Wildman–Crippen MR) is 217 cm³/mol. The maximum atomic E-state index is 11.1. The molecule has 9 nitrogen and oxygen atoms in total. The van der Waals surface area contributed by atoms with Crippen LogP contribution < -0.4 is 24.6 Å². The summed E-state index contributed by atoms with van der Waals surface area (Å²) in [4.78, 5) is 49.5. The first-order valence-corrected chi connectivity index (χ1v) is 15.7. The van der Waals surface area contributed by atoms with E-state index in [0.717, 1.165) is 41.3 Å². The van der Waals surface area contributed by atoms with Gasteiger partial charge in [0.25, 0.3) is 0 Å². The van der Waals surface area contributed by atoms with Gasteiger partial charge in [-0.05, 0) is 82.5 Å². The molecule has 276 valence electrons. The van der Waals surface area contributed by atoms with Crippen LogP contribution in [0.2, 0.25) is 0 Å². The molecule has 0 fully saturated rings. The molecule has 0 spiro atoms. The molecule has 0 radical (unpaired) electrons. The van der Waals surface area contributed by atoms with Crippen molar-refractivity contribution in [2.24, 2.45) is 25.7 Å². The third-order valence-electron chi connectivity index (χ3n) is 6.12. The SMILES string of the molecule is C.C.C.CCC(=O)C1=NCC(C)=C1.CCC(=O)C1=NCC(C)=C1Cl.CCCC1=NCC(C)=C1Cl.CCOC(=O)C1=NCC(C)=C1.CN.[AlH3].[H-].[Li+]. The third kappa shape index (κ3) is 21.8. The maximum absolute atomic E-state index is 11.1. The van der Waals surface area contributed by atoms with Crippen molar-refractivity contribution in [3.05, 3.63) is 44.5 Å². The second-order valence-corrected chi connectivity index (χ2v) is 10.8. The van der Waals surface area contributed by atoms with E-state index in [1.54, 1.807) is 13.0 Å². The van der Waals surface area contributed by atoms with E-state index >= 15 is 0 Å². The Morgan fingerprint density at radius 2 is 1.18 bits per heavy atom. The topological polar surface area (TPSA) is 136 Å². The van der Waals surface area contributed by atoms with Crippen LogP contribution in [0.1, 0.15) is 105 Å². The van der Waals surface area contributed by atoms with Crippen LogP contribution in [0.15, 0.2) is 64.5 Å². The van der Waals surface area contributed by atoms with Gasteiger partial charge in [0.05, 0.1) is 48.6 Å². The number of nitrogens with two attached hydrogens (primary N) is 1. The second kappa shape index (κ2) is 33.3. The molecule has 0 aliphatic carbocycles. The summed E-state index contributed by atoms with van der Waals surface area (Å²) in [5.74, 6) is -0.131. The number of allylic oxidation sites excluding steroid dienone is 3. The zero-order valence-corrected chi connectivity index (χ0v) is 30.3. The van der Waals surface area contributed by atoms with Gasteiger partial charge < -0.3 is 11.9 Å². The van der Waals surface area contributed by atoms with Crippen LogP contribution in [-0.4, -0.2) is 97.6 Å². The van der Waals surface area contributed by atoms with Crippen molar-refractivity contribution in [1.29, 1.82) is 0 Å². The molecule has 0 amide bonds. The number of carbonyl (C=O) groups is 3. The predicted octanol–water partition coefficient (Wildman–Crippen LogP) is 4.42. The van der Waals surface area contributed by atoms with Gasteiger partial charge in [-0.1, -0.05) is 72.7 Å². The van der Waals surface area contributed by atoms with Crippen LogP contribution in [0.3, 0.4) is 0 Å². The number of hydrogen-bond acceptors (Lipinski definition) is 9. The number of nitrogens with zero attached hydrogens (tertiary/aromatic N) is 4. The summed E-state index contributed by atoms with van der Waals surface area (Å²) in [5, 5.41) is 1.46. The number of carbonyl (C=O) groups excluding carboxylic acids is 3. The fourth-order valence-electron chi connectivity index (χ4n) is 3.69. The first kappa shape index (κ1) is 59.3. The van der Waals surface area contributed by atoms with Crippen LogP contribution >= 0.6 is 23.2 Å². The van der Waals surface area contributed by atoms with E-state index in [0.29, 0.717) is 61.3 Å². The molecule has 0 aromatic rings. The number of aliphatic imine (C=N–C) groups is 4. The van der Waals surface area contributed by atoms with Gasteiger partial charge in [0.15, 0.2) is 28.9 Å². The van der Waals surface area contributed by atoms with E-state index in [-0.39, 0.29) is 77.5 Å². The van der Waals surface area contributed by atoms with Crippen molar-refractivity contribution >= 4 is 80.9 Å². The average Bonchev–Trinajstić information content (AvgIpc) is 3.81. The van der Waals surface area contributed by atoms with Crippen LogP contribution in [0.5, 0.6) is 0 Å². The van der Waals surface area contributed by atoms with Crippen molar-refractivity contribution < 1.29 is 39.4 Å². The minimum Gasteiger partial charge on any atom is -1.00 e. The molecule has 4 rings (SSSR count). The van der Waals surface area contributed by atoms with Crippen molar-refractivity contribution in [3.63, 3.8) is 0 Å². The largest absolute Gasteiger partial charge is 1.00 e. The molecule has 0 aromatic heterocycles. The van der Waals surface area contributed by atoms with Crippen LogP contribution in [0, 0.1) is 0 Å². The Balaban J connectivity index is -0.0000000933. The fraction of sp³-hybridized carbons (Fsp3) is 0.583. The summed E-state index contributed by atoms with van der Waals surface area (Å²) in [5.41, 5.74) is 11.6. The quantitative estimate of drug-likeness (QED) is 0.291. The summed E-state index contributed by atoms with van der Waals surface area (Å²) < 4.78 is 4.76. The number of ketones is 2. The zero-order valence-electron chi connectivity index (χ0n) is 29.8. The average molecular weight is 737 g/mol. The molecule has 0 atom stereocenters. The van der Waals surface area contributed by atoms with E-state index in [4.69, 9.17) is 27.9 Å². The van der Waals surface area contributed by atoms with Gasteiger partial charge in [-0.2, -0.15) is 0 Å². The summed E-state index contributed by atoms with van der Waals surface area (Å²) in [6, 6.07) is 0. The minimum absolute atomic E-state index is 0. The minimum atomic E-state index is -0.315. The number of rotatable bonds is 8. The molecule has 13 heteroatoms. The van der Waals surface area contributed by atoms with Gasteiger partial charge >= 0.3 is 24.8 Å². The van der Waals surface area contributed by atoms with Crippen molar-refractivity contribution in [3.8, 4) is 0 Å². The fourth-order valence-corrected chi connectivity index (χ4v) is 4.13. The third-order valence-corrected chi connectivity index (χ3v) is 7.16. The Morgan fingerprint density at radius 1 is 0.735 bits per heavy atom. The summed E-state index contributed by atoms with van der Waals surface area (Å²) >= 11 is 11.8. The Hall–Kier alpha value is -1.88. The summed E-state index contributed by atoms with van der Waals surface area (Å²) in [7, 11) is 1.50. The van der Waals surface area contributed by atoms with Crippen LogP contribution in [0.25, 0.3) is 0 Å². The molecule has 0 bridgehead atoms. The number of esters is 1. The van der Waals surface area contributed by atoms with E-state index in [1.165, 1.54) is 18.2 Å². The van der Waals surface area contributed by atoms with Crippen LogP contribution in [0.4, 0.5) is 0 Å². The van der Waals surface area contributed by atoms with Crippen LogP contribution in [-0.2, 0) is 19.1 Å². The molecule has 0 saturated heterocycles. The summed E-state index contributed by atoms with van der Waals surface area (Å²) in [6.45, 7) is 18.6. The van der Waals surface area contributed by atoms with Gasteiger partial charge in [0.1, 0.15) is 17.1 Å². The van der Waals surface area contributed by atoms with Crippen molar-refractivity contribution in [1.82, 2.24) is 0 Å². The van der Waals surface area contributed by atoms with E-state index in [9.17, 15) is 14.4 Å². The smallest absolute Gasteiger partial charge is 1.00 e. The Morgan fingerprint density at radius 3 is 1.51 bits per heavy atom. The van der Waals surface area contributed by atoms with Gasteiger partial charge in [-0.15, -0.1) is 0 Å². The number of halogens is 2. The Labute approximate surface area is 332 Å².